The average Bonchev–Trinajstić information content (AvgIpc) is 2.78. The molecule has 2 rings (SSSR count). The molecule has 0 bridgehead atoms. The lowest BCUT2D eigenvalue weighted by Crippen LogP contribution is -2.14. The topological polar surface area (TPSA) is 60.4 Å². The third-order valence-electron chi connectivity index (χ3n) is 5.07. The van der Waals surface area contributed by atoms with Crippen LogP contribution in [0.3, 0.4) is 0 Å². The number of ketones is 2. The van der Waals surface area contributed by atoms with Crippen molar-refractivity contribution in [1.29, 1.82) is 0 Å². The van der Waals surface area contributed by atoms with Gasteiger partial charge in [0, 0.05) is 17.5 Å². The van der Waals surface area contributed by atoms with Crippen LogP contribution in [-0.4, -0.2) is 17.5 Å². The summed E-state index contributed by atoms with van der Waals surface area (Å²) in [5.74, 6) is -1.00. The third kappa shape index (κ3) is 10.1. The lowest BCUT2D eigenvalue weighted by Gasteiger charge is -2.06. The molecule has 0 aliphatic carbocycles. The first-order valence-corrected chi connectivity index (χ1v) is 11.1. The minimum Gasteiger partial charge on any atom is -0.427 e. The molecule has 0 unspecified atom stereocenters. The van der Waals surface area contributed by atoms with Crippen LogP contribution >= 0.6 is 17.0 Å². The molecule has 2 aromatic rings. The van der Waals surface area contributed by atoms with E-state index in [1.54, 1.807) is 42.5 Å². The van der Waals surface area contributed by atoms with Crippen LogP contribution in [0.2, 0.25) is 0 Å². The Balaban J connectivity index is 0.00000480. The lowest BCUT2D eigenvalue weighted by molar-refractivity contribution is -0.134. The largest absolute Gasteiger partial charge is 0.427 e. The van der Waals surface area contributed by atoms with E-state index >= 15 is 0 Å². The van der Waals surface area contributed by atoms with E-state index < -0.39 is 11.6 Å². The van der Waals surface area contributed by atoms with Crippen molar-refractivity contribution >= 4 is 34.5 Å². The number of carbonyl (C=O) groups is 3. The molecule has 0 amide bonds. The van der Waals surface area contributed by atoms with Crippen LogP contribution in [0.1, 0.15) is 91.8 Å². The predicted molar refractivity (Wildman–Crippen MR) is 129 cm³/mol. The van der Waals surface area contributed by atoms with Crippen LogP contribution in [-0.2, 0) is 4.79 Å². The molecule has 5 heteroatoms. The predicted octanol–water partition coefficient (Wildman–Crippen LogP) is 7.16. The van der Waals surface area contributed by atoms with Gasteiger partial charge in [-0.1, -0.05) is 88.6 Å². The quantitative estimate of drug-likeness (QED) is 0.0929. The van der Waals surface area contributed by atoms with Gasteiger partial charge in [-0.2, -0.15) is 0 Å². The minimum absolute atomic E-state index is 0. The van der Waals surface area contributed by atoms with E-state index in [0.717, 1.165) is 19.3 Å². The van der Waals surface area contributed by atoms with Crippen LogP contribution < -0.4 is 4.74 Å². The van der Waals surface area contributed by atoms with Crippen molar-refractivity contribution in [3.8, 4) is 5.75 Å². The Hall–Kier alpha value is -2.27. The van der Waals surface area contributed by atoms with Gasteiger partial charge < -0.3 is 4.74 Å². The summed E-state index contributed by atoms with van der Waals surface area (Å²) in [5.41, 5.74) is 0.640. The number of halogens is 1. The van der Waals surface area contributed by atoms with E-state index in [2.05, 4.69) is 6.92 Å². The van der Waals surface area contributed by atoms with E-state index in [4.69, 9.17) is 4.74 Å². The molecule has 31 heavy (non-hydrogen) atoms. The Labute approximate surface area is 196 Å². The molecule has 0 atom stereocenters. The second kappa shape index (κ2) is 15.5. The van der Waals surface area contributed by atoms with Crippen molar-refractivity contribution in [2.75, 3.05) is 0 Å². The van der Waals surface area contributed by atoms with Gasteiger partial charge in [-0.15, -0.1) is 17.0 Å². The fourth-order valence-electron chi connectivity index (χ4n) is 3.29. The van der Waals surface area contributed by atoms with Gasteiger partial charge >= 0.3 is 5.97 Å². The maximum absolute atomic E-state index is 12.3. The maximum Gasteiger partial charge on any atom is 0.311 e. The van der Waals surface area contributed by atoms with Crippen LogP contribution in [0.15, 0.2) is 54.6 Å². The van der Waals surface area contributed by atoms with Crippen molar-refractivity contribution in [1.82, 2.24) is 0 Å². The van der Waals surface area contributed by atoms with E-state index in [9.17, 15) is 14.4 Å². The number of Topliss-reactive ketones (excluding diaryl/α,β-unsaturated/α-hetero) is 2. The molecule has 2 aromatic carbocycles. The van der Waals surface area contributed by atoms with Crippen molar-refractivity contribution < 1.29 is 19.1 Å². The summed E-state index contributed by atoms with van der Waals surface area (Å²) in [6, 6.07) is 14.6. The molecule has 0 N–H and O–H groups in total. The van der Waals surface area contributed by atoms with Crippen LogP contribution in [0.25, 0.3) is 0 Å². The molecule has 0 saturated carbocycles. The SMILES string of the molecule is Br.CCCCCCCCCCCC(=O)Oc1ccc(C(=O)C(=O)c2ccccc2)cc1. The van der Waals surface area contributed by atoms with Crippen molar-refractivity contribution in [2.24, 2.45) is 0 Å². The minimum atomic E-state index is -0.575. The number of ether oxygens (including phenoxy) is 1. The number of benzene rings is 2. The Bertz CT molecular complexity index is 800. The zero-order chi connectivity index (χ0) is 21.6. The van der Waals surface area contributed by atoms with Gasteiger partial charge in [0.2, 0.25) is 11.6 Å². The third-order valence-corrected chi connectivity index (χ3v) is 5.07. The van der Waals surface area contributed by atoms with E-state index in [1.807, 2.05) is 0 Å². The molecular formula is C26H33BrO4. The molecule has 0 radical (unpaired) electrons. The van der Waals surface area contributed by atoms with Crippen molar-refractivity contribution in [3.63, 3.8) is 0 Å². The molecule has 4 nitrogen and oxygen atoms in total. The smallest absolute Gasteiger partial charge is 0.311 e. The molecule has 0 heterocycles. The Morgan fingerprint density at radius 2 is 1.13 bits per heavy atom. The normalized spacial score (nSPS) is 10.2. The summed E-state index contributed by atoms with van der Waals surface area (Å²) in [5, 5.41) is 0. The summed E-state index contributed by atoms with van der Waals surface area (Å²) in [6.45, 7) is 2.22. The van der Waals surface area contributed by atoms with E-state index in [-0.39, 0.29) is 28.5 Å². The molecule has 0 aliphatic heterocycles. The number of hydrogen-bond acceptors (Lipinski definition) is 4. The first-order valence-electron chi connectivity index (χ1n) is 11.1. The summed E-state index contributed by atoms with van der Waals surface area (Å²) in [4.78, 5) is 36.5. The molecule has 0 aliphatic rings. The van der Waals surface area contributed by atoms with Crippen LogP contribution in [0.5, 0.6) is 5.75 Å². The lowest BCUT2D eigenvalue weighted by atomic mass is 10.0. The Kier molecular flexibility index (Phi) is 13.4. The van der Waals surface area contributed by atoms with Crippen LogP contribution in [0.4, 0.5) is 0 Å². The Morgan fingerprint density at radius 1 is 0.645 bits per heavy atom. The van der Waals surface area contributed by atoms with Crippen molar-refractivity contribution in [3.05, 3.63) is 65.7 Å². The van der Waals surface area contributed by atoms with Crippen molar-refractivity contribution in [2.45, 2.75) is 71.1 Å². The highest BCUT2D eigenvalue weighted by molar-refractivity contribution is 8.93. The highest BCUT2D eigenvalue weighted by Crippen LogP contribution is 2.16. The molecule has 0 aromatic heterocycles. The molecule has 0 spiro atoms. The van der Waals surface area contributed by atoms with Gasteiger partial charge in [0.05, 0.1) is 0 Å². The number of unbranched alkanes of at least 4 members (excludes halogenated alkanes) is 8. The number of esters is 1. The van der Waals surface area contributed by atoms with Gasteiger partial charge in [0.15, 0.2) is 0 Å². The highest BCUT2D eigenvalue weighted by atomic mass is 79.9. The molecule has 0 fully saturated rings. The zero-order valence-corrected chi connectivity index (χ0v) is 20.0. The second-order valence-electron chi connectivity index (χ2n) is 7.60. The van der Waals surface area contributed by atoms with E-state index in [0.29, 0.717) is 17.7 Å². The standard InChI is InChI=1S/C26H32O4.BrH/c1-2-3-4-5-6-7-8-9-13-16-24(27)30-23-19-17-22(18-20-23)26(29)25(28)21-14-11-10-12-15-21;/h10-12,14-15,17-20H,2-9,13,16H2,1H3;1H. The van der Waals surface area contributed by atoms with Gasteiger partial charge in [-0.05, 0) is 30.7 Å². The van der Waals surface area contributed by atoms with Gasteiger partial charge in [-0.3, -0.25) is 14.4 Å². The number of hydrogen-bond donors (Lipinski definition) is 0. The molecular weight excluding hydrogens is 456 g/mol. The van der Waals surface area contributed by atoms with Crippen LogP contribution in [0, 0.1) is 0 Å². The summed E-state index contributed by atoms with van der Waals surface area (Å²) >= 11 is 0. The van der Waals surface area contributed by atoms with E-state index in [1.165, 1.54) is 50.7 Å². The fraction of sp³-hybridized carbons (Fsp3) is 0.423. The molecule has 0 saturated heterocycles. The van der Waals surface area contributed by atoms with Gasteiger partial charge in [0.1, 0.15) is 5.75 Å². The summed E-state index contributed by atoms with van der Waals surface area (Å²) in [6.07, 6.45) is 11.2. The zero-order valence-electron chi connectivity index (χ0n) is 18.3. The first-order chi connectivity index (χ1) is 14.6. The van der Waals surface area contributed by atoms with Gasteiger partial charge in [-0.25, -0.2) is 0 Å². The Morgan fingerprint density at radius 3 is 1.68 bits per heavy atom. The van der Waals surface area contributed by atoms with Gasteiger partial charge in [0.25, 0.3) is 0 Å². The monoisotopic (exact) mass is 488 g/mol. The number of rotatable bonds is 14. The average molecular weight is 489 g/mol. The first kappa shape index (κ1) is 26.8. The molecule has 168 valence electrons. The summed E-state index contributed by atoms with van der Waals surface area (Å²) in [7, 11) is 0. The fourth-order valence-corrected chi connectivity index (χ4v) is 3.29. The second-order valence-corrected chi connectivity index (χ2v) is 7.60. The number of carbonyl (C=O) groups excluding carboxylic acids is 3. The highest BCUT2D eigenvalue weighted by Gasteiger charge is 2.18. The maximum atomic E-state index is 12.3. The summed E-state index contributed by atoms with van der Waals surface area (Å²) < 4.78 is 5.33.